The molecule has 0 bridgehead atoms. The van der Waals surface area contributed by atoms with Crippen molar-refractivity contribution in [2.45, 2.75) is 23.6 Å². The molecule has 3 aromatic carbocycles. The summed E-state index contributed by atoms with van der Waals surface area (Å²) in [5.74, 6) is -0.831. The van der Waals surface area contributed by atoms with E-state index in [1.54, 1.807) is 4.68 Å². The van der Waals surface area contributed by atoms with Crippen LogP contribution in [0.25, 0.3) is 5.69 Å². The van der Waals surface area contributed by atoms with Crippen LogP contribution in [0.15, 0.2) is 88.7 Å². The molecule has 0 spiro atoms. The normalized spacial score (nSPS) is 10.8. The molecule has 0 saturated heterocycles. The van der Waals surface area contributed by atoms with Crippen molar-refractivity contribution in [1.82, 2.24) is 9.78 Å². The number of hydrogen-bond acceptors (Lipinski definition) is 4. The first-order valence-corrected chi connectivity index (χ1v) is 10.2. The van der Waals surface area contributed by atoms with Gasteiger partial charge in [0, 0.05) is 4.90 Å². The second kappa shape index (κ2) is 8.55. The van der Waals surface area contributed by atoms with E-state index in [0.29, 0.717) is 5.88 Å². The number of rotatable bonds is 5. The number of hydrogen-bond donors (Lipinski definition) is 0. The summed E-state index contributed by atoms with van der Waals surface area (Å²) in [6.45, 7) is 3.90. The molecule has 0 saturated carbocycles. The Balaban J connectivity index is 1.76. The Morgan fingerprint density at radius 1 is 0.967 bits per heavy atom. The Bertz CT molecular complexity index is 1190. The number of ether oxygens (including phenoxy) is 1. The van der Waals surface area contributed by atoms with Gasteiger partial charge >= 0.3 is 5.97 Å². The third-order valence-corrected chi connectivity index (χ3v) is 5.64. The second-order valence-electron chi connectivity index (χ2n) is 6.78. The number of aryl methyl sites for hydroxylation is 2. The van der Waals surface area contributed by atoms with E-state index in [1.807, 2.05) is 68.4 Å². The lowest BCUT2D eigenvalue weighted by Crippen LogP contribution is -2.12. The standard InChI is InChI=1S/C24H19FN2O2S/c1-16-11-13-21(14-12-16)30-22-17(2)26-27(20-9-4-3-5-10-20)23(22)29-24(28)18-7-6-8-19(25)15-18/h3-15H,1-2H3. The smallest absolute Gasteiger partial charge is 0.345 e. The molecule has 6 heteroatoms. The second-order valence-corrected chi connectivity index (χ2v) is 7.87. The highest BCUT2D eigenvalue weighted by Crippen LogP contribution is 2.39. The Morgan fingerprint density at radius 3 is 2.40 bits per heavy atom. The molecule has 0 amide bonds. The molecular weight excluding hydrogens is 399 g/mol. The van der Waals surface area contributed by atoms with Crippen molar-refractivity contribution in [2.75, 3.05) is 0 Å². The topological polar surface area (TPSA) is 44.1 Å². The van der Waals surface area contributed by atoms with Crippen molar-refractivity contribution in [3.8, 4) is 11.6 Å². The van der Waals surface area contributed by atoms with Crippen molar-refractivity contribution < 1.29 is 13.9 Å². The zero-order valence-corrected chi connectivity index (χ0v) is 17.3. The lowest BCUT2D eigenvalue weighted by molar-refractivity contribution is 0.0718. The van der Waals surface area contributed by atoms with Crippen LogP contribution in [0.3, 0.4) is 0 Å². The Labute approximate surface area is 178 Å². The first-order valence-electron chi connectivity index (χ1n) is 9.38. The molecule has 1 heterocycles. The summed E-state index contributed by atoms with van der Waals surface area (Å²) in [4.78, 5) is 14.5. The number of esters is 1. The van der Waals surface area contributed by atoms with E-state index in [9.17, 15) is 9.18 Å². The highest BCUT2D eigenvalue weighted by molar-refractivity contribution is 7.99. The van der Waals surface area contributed by atoms with Gasteiger partial charge in [0.25, 0.3) is 0 Å². The average Bonchev–Trinajstić information content (AvgIpc) is 3.05. The van der Waals surface area contributed by atoms with Gasteiger partial charge in [-0.1, -0.05) is 53.7 Å². The van der Waals surface area contributed by atoms with Crippen LogP contribution in [0.4, 0.5) is 4.39 Å². The lowest BCUT2D eigenvalue weighted by Gasteiger charge is -2.10. The summed E-state index contributed by atoms with van der Waals surface area (Å²) in [5.41, 5.74) is 2.79. The number of carbonyl (C=O) groups excluding carboxylic acids is 1. The van der Waals surface area contributed by atoms with Crippen molar-refractivity contribution >= 4 is 17.7 Å². The maximum atomic E-state index is 13.6. The van der Waals surface area contributed by atoms with Crippen LogP contribution in [0, 0.1) is 19.7 Å². The minimum Gasteiger partial charge on any atom is -0.402 e. The van der Waals surface area contributed by atoms with Gasteiger partial charge in [-0.25, -0.2) is 9.18 Å². The van der Waals surface area contributed by atoms with Crippen LogP contribution in [-0.2, 0) is 0 Å². The fourth-order valence-electron chi connectivity index (χ4n) is 2.93. The molecule has 0 aliphatic rings. The lowest BCUT2D eigenvalue weighted by atomic mass is 10.2. The zero-order chi connectivity index (χ0) is 21.1. The Kier molecular flexibility index (Phi) is 5.68. The van der Waals surface area contributed by atoms with Gasteiger partial charge in [0.2, 0.25) is 5.88 Å². The molecule has 30 heavy (non-hydrogen) atoms. The monoisotopic (exact) mass is 418 g/mol. The number of nitrogens with zero attached hydrogens (tertiary/aromatic N) is 2. The maximum Gasteiger partial charge on any atom is 0.345 e. The van der Waals surface area contributed by atoms with Gasteiger partial charge < -0.3 is 4.74 Å². The summed E-state index contributed by atoms with van der Waals surface area (Å²) in [7, 11) is 0. The predicted molar refractivity (Wildman–Crippen MR) is 115 cm³/mol. The van der Waals surface area contributed by atoms with E-state index >= 15 is 0 Å². The average molecular weight is 418 g/mol. The number of halogens is 1. The van der Waals surface area contributed by atoms with Gasteiger partial charge in [0.1, 0.15) is 5.82 Å². The summed E-state index contributed by atoms with van der Waals surface area (Å²) >= 11 is 1.47. The molecule has 0 aliphatic carbocycles. The van der Waals surface area contributed by atoms with Crippen molar-refractivity contribution in [2.24, 2.45) is 0 Å². The summed E-state index contributed by atoms with van der Waals surface area (Å²) in [6, 6.07) is 23.0. The van der Waals surface area contributed by atoms with E-state index in [4.69, 9.17) is 4.74 Å². The minimum absolute atomic E-state index is 0.139. The van der Waals surface area contributed by atoms with Crippen molar-refractivity contribution in [1.29, 1.82) is 0 Å². The van der Waals surface area contributed by atoms with Crippen LogP contribution in [0.1, 0.15) is 21.6 Å². The summed E-state index contributed by atoms with van der Waals surface area (Å²) in [6.07, 6.45) is 0. The molecule has 0 N–H and O–H groups in total. The number of para-hydroxylation sites is 1. The minimum atomic E-state index is -0.641. The van der Waals surface area contributed by atoms with Crippen molar-refractivity contribution in [3.63, 3.8) is 0 Å². The molecule has 0 unspecified atom stereocenters. The van der Waals surface area contributed by atoms with Crippen molar-refractivity contribution in [3.05, 3.63) is 102 Å². The number of carbonyl (C=O) groups is 1. The quantitative estimate of drug-likeness (QED) is 0.373. The van der Waals surface area contributed by atoms with Gasteiger partial charge in [0.05, 0.1) is 21.8 Å². The molecule has 0 radical (unpaired) electrons. The molecule has 4 rings (SSSR count). The van der Waals surface area contributed by atoms with E-state index < -0.39 is 11.8 Å². The van der Waals surface area contributed by atoms with Crippen LogP contribution in [-0.4, -0.2) is 15.7 Å². The van der Waals surface area contributed by atoms with E-state index in [1.165, 1.54) is 30.0 Å². The molecule has 4 nitrogen and oxygen atoms in total. The van der Waals surface area contributed by atoms with Gasteiger partial charge in [0.15, 0.2) is 0 Å². The Hall–Kier alpha value is -3.38. The van der Waals surface area contributed by atoms with Gasteiger partial charge in [-0.05, 0) is 56.3 Å². The summed E-state index contributed by atoms with van der Waals surface area (Å²) < 4.78 is 20.9. The third-order valence-electron chi connectivity index (χ3n) is 4.46. The SMILES string of the molecule is Cc1ccc(Sc2c(C)nn(-c3ccccc3)c2OC(=O)c2cccc(F)c2)cc1. The van der Waals surface area contributed by atoms with Gasteiger partial charge in [-0.3, -0.25) is 0 Å². The first kappa shape index (κ1) is 19.9. The van der Waals surface area contributed by atoms with E-state index in [0.717, 1.165) is 32.8 Å². The third kappa shape index (κ3) is 4.28. The zero-order valence-electron chi connectivity index (χ0n) is 16.5. The molecule has 0 atom stereocenters. The van der Waals surface area contributed by atoms with Crippen LogP contribution >= 0.6 is 11.8 Å². The Morgan fingerprint density at radius 2 is 1.70 bits per heavy atom. The van der Waals surface area contributed by atoms with Crippen LogP contribution in [0.2, 0.25) is 0 Å². The molecule has 150 valence electrons. The van der Waals surface area contributed by atoms with E-state index in [2.05, 4.69) is 5.10 Å². The molecule has 0 fully saturated rings. The highest BCUT2D eigenvalue weighted by Gasteiger charge is 2.23. The predicted octanol–water partition coefficient (Wildman–Crippen LogP) is 6.00. The van der Waals surface area contributed by atoms with Gasteiger partial charge in [-0.2, -0.15) is 9.78 Å². The highest BCUT2D eigenvalue weighted by atomic mass is 32.2. The summed E-state index contributed by atoms with van der Waals surface area (Å²) in [5, 5.41) is 4.60. The maximum absolute atomic E-state index is 13.6. The van der Waals surface area contributed by atoms with Crippen LogP contribution < -0.4 is 4.74 Å². The molecule has 4 aromatic rings. The largest absolute Gasteiger partial charge is 0.402 e. The fourth-order valence-corrected chi connectivity index (χ4v) is 3.84. The fraction of sp³-hybridized carbons (Fsp3) is 0.0833. The molecule has 1 aromatic heterocycles. The number of aromatic nitrogens is 2. The number of benzene rings is 3. The van der Waals surface area contributed by atoms with E-state index in [-0.39, 0.29) is 5.56 Å². The van der Waals surface area contributed by atoms with Crippen LogP contribution in [0.5, 0.6) is 5.88 Å². The molecule has 0 aliphatic heterocycles. The first-order chi connectivity index (χ1) is 14.5. The van der Waals surface area contributed by atoms with Gasteiger partial charge in [-0.15, -0.1) is 0 Å². The molecular formula is C24H19FN2O2S.